The largest absolute Gasteiger partial charge is 0.480 e. The molecule has 0 heterocycles. The molecular weight excluding hydrogens is 242 g/mol. The van der Waals surface area contributed by atoms with E-state index in [1.165, 1.54) is 4.90 Å². The van der Waals surface area contributed by atoms with E-state index >= 15 is 0 Å². The number of hydrogen-bond donors (Lipinski definition) is 3. The zero-order valence-electron chi connectivity index (χ0n) is 9.92. The second-order valence-corrected chi connectivity index (χ2v) is 4.12. The predicted molar refractivity (Wildman–Crippen MR) is 60.9 cm³/mol. The number of carboxylic acids is 1. The quantitative estimate of drug-likeness (QED) is 0.536. The molecule has 102 valence electrons. The van der Waals surface area contributed by atoms with Gasteiger partial charge in [-0.05, 0) is 18.8 Å². The number of urea groups is 1. The van der Waals surface area contributed by atoms with Crippen LogP contribution in [0.1, 0.15) is 12.8 Å². The Morgan fingerprint density at radius 2 is 2.06 bits per heavy atom. The van der Waals surface area contributed by atoms with Crippen molar-refractivity contribution < 1.29 is 24.2 Å². The van der Waals surface area contributed by atoms with Crippen LogP contribution in [-0.2, 0) is 9.53 Å². The van der Waals surface area contributed by atoms with Gasteiger partial charge in [-0.2, -0.15) is 0 Å². The van der Waals surface area contributed by atoms with Crippen LogP contribution in [0.15, 0.2) is 0 Å². The second-order valence-electron chi connectivity index (χ2n) is 4.12. The third-order valence-electron chi connectivity index (χ3n) is 2.41. The van der Waals surface area contributed by atoms with Crippen molar-refractivity contribution >= 4 is 18.1 Å². The zero-order chi connectivity index (χ0) is 13.5. The van der Waals surface area contributed by atoms with Crippen molar-refractivity contribution in [3.05, 3.63) is 0 Å². The van der Waals surface area contributed by atoms with Crippen molar-refractivity contribution in [3.63, 3.8) is 0 Å². The molecule has 0 aromatic heterocycles. The molecule has 0 aromatic carbocycles. The Labute approximate surface area is 104 Å². The van der Waals surface area contributed by atoms with Gasteiger partial charge in [0, 0.05) is 6.54 Å². The van der Waals surface area contributed by atoms with Gasteiger partial charge in [0.2, 0.25) is 0 Å². The molecule has 8 heteroatoms. The van der Waals surface area contributed by atoms with Crippen molar-refractivity contribution in [3.8, 4) is 0 Å². The summed E-state index contributed by atoms with van der Waals surface area (Å²) in [5.74, 6) is -0.656. The number of nitrogens with two attached hydrogens (primary N) is 1. The van der Waals surface area contributed by atoms with Gasteiger partial charge in [0.1, 0.15) is 13.2 Å². The lowest BCUT2D eigenvalue weighted by Gasteiger charge is -2.20. The van der Waals surface area contributed by atoms with Gasteiger partial charge in [0.15, 0.2) is 0 Å². The van der Waals surface area contributed by atoms with Crippen LogP contribution >= 0.6 is 0 Å². The molecule has 1 saturated carbocycles. The van der Waals surface area contributed by atoms with Crippen molar-refractivity contribution in [1.29, 1.82) is 0 Å². The Balaban J connectivity index is 2.28. The highest BCUT2D eigenvalue weighted by atomic mass is 16.5. The molecule has 1 rings (SSSR count). The average molecular weight is 259 g/mol. The maximum Gasteiger partial charge on any atom is 0.404 e. The summed E-state index contributed by atoms with van der Waals surface area (Å²) in [4.78, 5) is 33.8. The lowest BCUT2D eigenvalue weighted by Crippen LogP contribution is -2.44. The molecule has 0 radical (unpaired) electrons. The number of nitrogens with one attached hydrogen (secondary N) is 1. The van der Waals surface area contributed by atoms with Crippen LogP contribution in [0, 0.1) is 5.92 Å². The molecule has 0 spiro atoms. The van der Waals surface area contributed by atoms with Crippen molar-refractivity contribution in [1.82, 2.24) is 10.2 Å². The van der Waals surface area contributed by atoms with E-state index in [4.69, 9.17) is 10.8 Å². The van der Waals surface area contributed by atoms with Gasteiger partial charge < -0.3 is 25.8 Å². The van der Waals surface area contributed by atoms with Crippen LogP contribution < -0.4 is 11.1 Å². The number of carbonyl (C=O) groups is 3. The minimum atomic E-state index is -1.06. The van der Waals surface area contributed by atoms with Crippen molar-refractivity contribution in [2.75, 3.05) is 26.2 Å². The first-order valence-corrected chi connectivity index (χ1v) is 5.66. The molecule has 3 amide bonds. The topological polar surface area (TPSA) is 122 Å². The second kappa shape index (κ2) is 6.67. The Morgan fingerprint density at radius 3 is 2.56 bits per heavy atom. The van der Waals surface area contributed by atoms with Crippen LogP contribution in [0.25, 0.3) is 0 Å². The van der Waals surface area contributed by atoms with E-state index in [0.717, 1.165) is 12.8 Å². The van der Waals surface area contributed by atoms with Crippen molar-refractivity contribution in [2.45, 2.75) is 12.8 Å². The number of amides is 3. The maximum absolute atomic E-state index is 11.7. The lowest BCUT2D eigenvalue weighted by atomic mass is 10.3. The van der Waals surface area contributed by atoms with Gasteiger partial charge in [-0.25, -0.2) is 9.59 Å². The molecule has 0 aliphatic heterocycles. The molecule has 18 heavy (non-hydrogen) atoms. The average Bonchev–Trinajstić information content (AvgIpc) is 3.06. The van der Waals surface area contributed by atoms with Gasteiger partial charge in [0.25, 0.3) is 0 Å². The first kappa shape index (κ1) is 14.1. The third-order valence-corrected chi connectivity index (χ3v) is 2.41. The fraction of sp³-hybridized carbons (Fsp3) is 0.700. The van der Waals surface area contributed by atoms with Crippen molar-refractivity contribution in [2.24, 2.45) is 11.7 Å². The molecule has 1 aliphatic carbocycles. The standard InChI is InChI=1S/C10H17N3O5/c11-9(16)18-4-3-12-10(17)13(6-8(14)15)5-7-1-2-7/h7H,1-6H2,(H2,11,16)(H,12,17)(H,14,15). The first-order chi connectivity index (χ1) is 8.49. The van der Waals surface area contributed by atoms with Gasteiger partial charge >= 0.3 is 18.1 Å². The van der Waals surface area contributed by atoms with E-state index in [9.17, 15) is 14.4 Å². The summed E-state index contributed by atoms with van der Waals surface area (Å²) in [6.07, 6.45) is 1.13. The van der Waals surface area contributed by atoms with E-state index < -0.39 is 18.1 Å². The minimum absolute atomic E-state index is 0.0363. The smallest absolute Gasteiger partial charge is 0.404 e. The minimum Gasteiger partial charge on any atom is -0.480 e. The van der Waals surface area contributed by atoms with Gasteiger partial charge in [-0.3, -0.25) is 4.79 Å². The Morgan fingerprint density at radius 1 is 1.39 bits per heavy atom. The summed E-state index contributed by atoms with van der Waals surface area (Å²) in [5.41, 5.74) is 4.75. The van der Waals surface area contributed by atoms with E-state index in [-0.39, 0.29) is 19.7 Å². The molecule has 0 unspecified atom stereocenters. The summed E-state index contributed by atoms with van der Waals surface area (Å²) in [5, 5.41) is 11.2. The molecule has 8 nitrogen and oxygen atoms in total. The zero-order valence-corrected chi connectivity index (χ0v) is 9.92. The number of primary amides is 1. The number of carboxylic acid groups (broad SMARTS) is 1. The van der Waals surface area contributed by atoms with Crippen LogP contribution in [0.3, 0.4) is 0 Å². The molecular formula is C10H17N3O5. The van der Waals surface area contributed by atoms with Crippen LogP contribution in [0.5, 0.6) is 0 Å². The summed E-state index contributed by atoms with van der Waals surface area (Å²) in [6, 6.07) is -0.475. The molecule has 1 aliphatic rings. The van der Waals surface area contributed by atoms with Gasteiger partial charge in [-0.1, -0.05) is 0 Å². The SMILES string of the molecule is NC(=O)OCCNC(=O)N(CC(=O)O)CC1CC1. The predicted octanol–water partition coefficient (Wildman–Crippen LogP) is -0.412. The fourth-order valence-electron chi connectivity index (χ4n) is 1.42. The summed E-state index contributed by atoms with van der Waals surface area (Å²) in [7, 11) is 0. The van der Waals surface area contributed by atoms with E-state index in [1.807, 2.05) is 0 Å². The van der Waals surface area contributed by atoms with Gasteiger partial charge in [-0.15, -0.1) is 0 Å². The molecule has 1 fully saturated rings. The summed E-state index contributed by atoms with van der Waals surface area (Å²) < 4.78 is 4.44. The highest BCUT2D eigenvalue weighted by Gasteiger charge is 2.27. The summed E-state index contributed by atoms with van der Waals surface area (Å²) in [6.45, 7) is 0.168. The van der Waals surface area contributed by atoms with Crippen LogP contribution in [0.2, 0.25) is 0 Å². The van der Waals surface area contributed by atoms with E-state index in [0.29, 0.717) is 12.5 Å². The monoisotopic (exact) mass is 259 g/mol. The number of rotatable bonds is 7. The number of nitrogens with zero attached hydrogens (tertiary/aromatic N) is 1. The number of aliphatic carboxylic acids is 1. The highest BCUT2D eigenvalue weighted by Crippen LogP contribution is 2.29. The Hall–Kier alpha value is -1.99. The van der Waals surface area contributed by atoms with E-state index in [2.05, 4.69) is 10.1 Å². The third kappa shape index (κ3) is 5.92. The molecule has 0 saturated heterocycles. The molecule has 0 atom stereocenters. The first-order valence-electron chi connectivity index (χ1n) is 5.66. The number of hydrogen-bond acceptors (Lipinski definition) is 4. The summed E-state index contributed by atoms with van der Waals surface area (Å²) >= 11 is 0. The number of ether oxygens (including phenoxy) is 1. The van der Waals surface area contributed by atoms with E-state index in [1.54, 1.807) is 0 Å². The maximum atomic E-state index is 11.7. The molecule has 4 N–H and O–H groups in total. The fourth-order valence-corrected chi connectivity index (χ4v) is 1.42. The molecule has 0 aromatic rings. The van der Waals surface area contributed by atoms with Crippen LogP contribution in [0.4, 0.5) is 9.59 Å². The number of carbonyl (C=O) groups excluding carboxylic acids is 2. The Kier molecular flexibility index (Phi) is 5.22. The highest BCUT2D eigenvalue weighted by molar-refractivity contribution is 5.80. The Bertz CT molecular complexity index is 329. The molecule has 0 bridgehead atoms. The van der Waals surface area contributed by atoms with Gasteiger partial charge in [0.05, 0.1) is 6.54 Å². The van der Waals surface area contributed by atoms with Crippen LogP contribution in [-0.4, -0.2) is 54.3 Å². The normalized spacial score (nSPS) is 13.8. The lowest BCUT2D eigenvalue weighted by molar-refractivity contribution is -0.137.